The first-order valence-corrected chi connectivity index (χ1v) is 6.19. The first-order valence-electron chi connectivity index (χ1n) is 4.37. The summed E-state index contributed by atoms with van der Waals surface area (Å²) >= 11 is 0. The predicted octanol–water partition coefficient (Wildman–Crippen LogP) is 1.71. The second kappa shape index (κ2) is 5.13. The molecule has 0 fully saturated rings. The first kappa shape index (κ1) is 17.9. The molecule has 4 nitrogen and oxygen atoms in total. The van der Waals surface area contributed by atoms with Gasteiger partial charge in [0.15, 0.2) is 9.84 Å². The van der Waals surface area contributed by atoms with Gasteiger partial charge < -0.3 is 5.11 Å². The van der Waals surface area contributed by atoms with Gasteiger partial charge in [0, 0.05) is 6.42 Å². The van der Waals surface area contributed by atoms with Crippen molar-refractivity contribution < 1.29 is 49.1 Å². The largest absolute Gasteiger partial charge is 0.480 e. The van der Waals surface area contributed by atoms with Crippen molar-refractivity contribution in [2.45, 2.75) is 24.4 Å². The number of hydrogen-bond acceptors (Lipinski definition) is 3. The second-order valence-electron chi connectivity index (χ2n) is 3.51. The van der Waals surface area contributed by atoms with Crippen molar-refractivity contribution in [1.82, 2.24) is 0 Å². The number of halogens is 7. The molecule has 0 atom stereocenters. The fourth-order valence-corrected chi connectivity index (χ4v) is 2.00. The molecule has 0 aliphatic heterocycles. The number of carboxylic acid groups (broad SMARTS) is 1. The van der Waals surface area contributed by atoms with E-state index in [0.717, 1.165) is 0 Å². The molecule has 0 saturated heterocycles. The number of aliphatic carboxylic acids is 1. The summed E-state index contributed by atoms with van der Waals surface area (Å²) in [5.41, 5.74) is 0. The summed E-state index contributed by atoms with van der Waals surface area (Å²) in [5.74, 6) is -17.4. The highest BCUT2D eigenvalue weighted by atomic mass is 32.2. The van der Waals surface area contributed by atoms with E-state index in [1.165, 1.54) is 0 Å². The van der Waals surface area contributed by atoms with Crippen LogP contribution >= 0.6 is 0 Å². The van der Waals surface area contributed by atoms with Crippen LogP contribution in [0.3, 0.4) is 0 Å². The van der Waals surface area contributed by atoms with Gasteiger partial charge in [0.2, 0.25) is 0 Å². The van der Waals surface area contributed by atoms with Gasteiger partial charge in [0.1, 0.15) is 5.75 Å². The average molecular weight is 320 g/mol. The third-order valence-corrected chi connectivity index (χ3v) is 3.40. The van der Waals surface area contributed by atoms with E-state index >= 15 is 0 Å². The number of rotatable bonds is 6. The fraction of sp³-hybridized carbons (Fsp3) is 0.857. The van der Waals surface area contributed by atoms with Crippen molar-refractivity contribution in [3.05, 3.63) is 0 Å². The van der Waals surface area contributed by atoms with E-state index in [9.17, 15) is 43.9 Å². The fourth-order valence-electron chi connectivity index (χ4n) is 0.908. The molecule has 0 aliphatic rings. The van der Waals surface area contributed by atoms with E-state index in [4.69, 9.17) is 5.11 Å². The quantitative estimate of drug-likeness (QED) is 0.756. The van der Waals surface area contributed by atoms with Crippen LogP contribution in [0.1, 0.15) is 6.42 Å². The maximum absolute atomic E-state index is 12.7. The maximum Gasteiger partial charge on any atom is 0.459 e. The van der Waals surface area contributed by atoms with Crippen molar-refractivity contribution >= 4 is 15.8 Å². The highest BCUT2D eigenvalue weighted by Crippen LogP contribution is 2.48. The zero-order valence-corrected chi connectivity index (χ0v) is 9.66. The minimum atomic E-state index is -6.55. The molecule has 19 heavy (non-hydrogen) atoms. The van der Waals surface area contributed by atoms with Crippen LogP contribution in [0.15, 0.2) is 0 Å². The number of sulfone groups is 1. The van der Waals surface area contributed by atoms with E-state index in [1.54, 1.807) is 0 Å². The van der Waals surface area contributed by atoms with Crippen LogP contribution in [-0.2, 0) is 14.6 Å². The van der Waals surface area contributed by atoms with Crippen molar-refractivity contribution in [1.29, 1.82) is 0 Å². The summed E-state index contributed by atoms with van der Waals surface area (Å²) in [7, 11) is -4.70. The molecule has 0 saturated carbocycles. The molecular weight excluding hydrogens is 313 g/mol. The van der Waals surface area contributed by atoms with Crippen LogP contribution in [0.4, 0.5) is 30.7 Å². The third kappa shape index (κ3) is 4.51. The van der Waals surface area contributed by atoms with Gasteiger partial charge in [-0.25, -0.2) is 8.42 Å². The number of alkyl halides is 7. The lowest BCUT2D eigenvalue weighted by molar-refractivity contribution is -0.354. The Balaban J connectivity index is 4.96. The molecule has 0 aromatic rings. The van der Waals surface area contributed by atoms with Crippen LogP contribution in [0.25, 0.3) is 0 Å². The minimum Gasteiger partial charge on any atom is -0.480 e. The second-order valence-corrected chi connectivity index (χ2v) is 5.70. The molecule has 0 aromatic carbocycles. The number of carboxylic acids is 1. The van der Waals surface area contributed by atoms with Gasteiger partial charge in [-0.15, -0.1) is 0 Å². The van der Waals surface area contributed by atoms with Crippen molar-refractivity contribution in [3.8, 4) is 0 Å². The van der Waals surface area contributed by atoms with E-state index < -0.39 is 51.8 Å². The molecule has 0 bridgehead atoms. The van der Waals surface area contributed by atoms with Crippen molar-refractivity contribution in [2.75, 3.05) is 11.5 Å². The van der Waals surface area contributed by atoms with Gasteiger partial charge in [-0.2, -0.15) is 30.7 Å². The molecule has 0 radical (unpaired) electrons. The van der Waals surface area contributed by atoms with Crippen molar-refractivity contribution in [3.63, 3.8) is 0 Å². The van der Waals surface area contributed by atoms with Gasteiger partial charge in [-0.3, -0.25) is 4.79 Å². The monoisotopic (exact) mass is 320 g/mol. The Morgan fingerprint density at radius 2 is 1.42 bits per heavy atom. The summed E-state index contributed by atoms with van der Waals surface area (Å²) in [6.45, 7) is 0. The van der Waals surface area contributed by atoms with E-state index in [1.807, 2.05) is 0 Å². The van der Waals surface area contributed by atoms with Gasteiger partial charge >= 0.3 is 24.0 Å². The summed E-state index contributed by atoms with van der Waals surface area (Å²) in [6.07, 6.45) is -8.89. The smallest absolute Gasteiger partial charge is 0.459 e. The highest BCUT2D eigenvalue weighted by molar-refractivity contribution is 7.92. The normalized spacial score (nSPS) is 14.5. The lowest BCUT2D eigenvalue weighted by atomic mass is 10.1. The third-order valence-electron chi connectivity index (χ3n) is 1.89. The topological polar surface area (TPSA) is 71.4 Å². The summed E-state index contributed by atoms with van der Waals surface area (Å²) in [5, 5.41) is 8.07. The molecule has 0 spiro atoms. The number of hydrogen-bond donors (Lipinski definition) is 1. The molecular formula is C7H7F7O4S. The summed E-state index contributed by atoms with van der Waals surface area (Å²) in [6, 6.07) is 0. The van der Waals surface area contributed by atoms with E-state index in [-0.39, 0.29) is 0 Å². The summed E-state index contributed by atoms with van der Waals surface area (Å²) in [4.78, 5) is 10.0. The summed E-state index contributed by atoms with van der Waals surface area (Å²) < 4.78 is 107. The van der Waals surface area contributed by atoms with Gasteiger partial charge in [-0.05, 0) is 0 Å². The van der Waals surface area contributed by atoms with Gasteiger partial charge in [-0.1, -0.05) is 0 Å². The number of carbonyl (C=O) groups is 1. The zero-order valence-electron chi connectivity index (χ0n) is 8.85. The minimum absolute atomic E-state index is 1.64. The molecule has 0 aliphatic carbocycles. The maximum atomic E-state index is 12.7. The standard InChI is InChI=1S/C7H7F7O4S/c8-5(9,6(10,11)7(12,13)14)1-2-19(17,18)3-4(15)16/h1-3H2,(H,15,16). The zero-order chi connectivity index (χ0) is 15.7. The van der Waals surface area contributed by atoms with E-state index in [0.29, 0.717) is 0 Å². The van der Waals surface area contributed by atoms with Crippen LogP contribution in [0, 0.1) is 0 Å². The average Bonchev–Trinajstić information content (AvgIpc) is 2.11. The lowest BCUT2D eigenvalue weighted by Gasteiger charge is -2.27. The molecule has 0 aromatic heterocycles. The Kier molecular flexibility index (Phi) is 4.84. The SMILES string of the molecule is O=C(O)CS(=O)(=O)CCC(F)(F)C(F)(F)C(F)(F)F. The molecule has 0 rings (SSSR count). The van der Waals surface area contributed by atoms with Crippen LogP contribution in [0.2, 0.25) is 0 Å². The van der Waals surface area contributed by atoms with Crippen molar-refractivity contribution in [2.24, 2.45) is 0 Å². The highest BCUT2D eigenvalue weighted by Gasteiger charge is 2.72. The Morgan fingerprint density at radius 1 is 1.00 bits per heavy atom. The Labute approximate surface area is 102 Å². The molecule has 114 valence electrons. The Morgan fingerprint density at radius 3 is 1.74 bits per heavy atom. The Hall–Kier alpha value is -1.07. The molecule has 0 amide bonds. The van der Waals surface area contributed by atoms with E-state index in [2.05, 4.69) is 0 Å². The molecule has 12 heteroatoms. The van der Waals surface area contributed by atoms with Gasteiger partial charge in [0.05, 0.1) is 5.75 Å². The van der Waals surface area contributed by atoms with Gasteiger partial charge in [0.25, 0.3) is 0 Å². The lowest BCUT2D eigenvalue weighted by Crippen LogP contribution is -2.52. The predicted molar refractivity (Wildman–Crippen MR) is 46.9 cm³/mol. The first-order chi connectivity index (χ1) is 8.12. The molecule has 1 N–H and O–H groups in total. The Bertz CT molecular complexity index is 439. The molecule has 0 heterocycles. The van der Waals surface area contributed by atoms with Crippen LogP contribution in [0.5, 0.6) is 0 Å². The van der Waals surface area contributed by atoms with Crippen LogP contribution < -0.4 is 0 Å². The molecule has 0 unspecified atom stereocenters. The van der Waals surface area contributed by atoms with Crippen LogP contribution in [-0.4, -0.2) is 49.0 Å².